The summed E-state index contributed by atoms with van der Waals surface area (Å²) in [7, 11) is 0. The molecule has 3 aromatic rings. The van der Waals surface area contributed by atoms with Crippen LogP contribution in [0.25, 0.3) is 11.4 Å². The van der Waals surface area contributed by atoms with Crippen molar-refractivity contribution in [3.8, 4) is 11.4 Å². The van der Waals surface area contributed by atoms with Crippen LogP contribution >= 0.6 is 0 Å². The number of aliphatic hydroxyl groups excluding tert-OH is 1. The van der Waals surface area contributed by atoms with Crippen LogP contribution in [0, 0.1) is 0 Å². The number of hydrogen-bond donors (Lipinski definition) is 3. The Kier molecular flexibility index (Phi) is 7.48. The second-order valence-electron chi connectivity index (χ2n) is 8.84. The average molecular weight is 504 g/mol. The number of rotatable bonds is 7. The zero-order valence-corrected chi connectivity index (χ0v) is 19.7. The molecular weight excluding hydrogens is 475 g/mol. The van der Waals surface area contributed by atoms with E-state index in [9.17, 15) is 18.3 Å². The van der Waals surface area contributed by atoms with E-state index in [0.29, 0.717) is 12.8 Å². The van der Waals surface area contributed by atoms with Gasteiger partial charge in [-0.3, -0.25) is 0 Å². The van der Waals surface area contributed by atoms with E-state index in [0.717, 1.165) is 24.5 Å². The summed E-state index contributed by atoms with van der Waals surface area (Å²) >= 11 is 0. The number of guanidine groups is 1. The van der Waals surface area contributed by atoms with E-state index < -0.39 is 23.9 Å². The first-order valence-corrected chi connectivity index (χ1v) is 11.8. The monoisotopic (exact) mass is 503 g/mol. The predicted molar refractivity (Wildman–Crippen MR) is 126 cm³/mol. The van der Waals surface area contributed by atoms with Crippen molar-refractivity contribution in [3.63, 3.8) is 0 Å². The van der Waals surface area contributed by atoms with Crippen LogP contribution in [0.15, 0.2) is 52.1 Å². The van der Waals surface area contributed by atoms with E-state index >= 15 is 0 Å². The van der Waals surface area contributed by atoms with Gasteiger partial charge in [-0.25, -0.2) is 0 Å². The molecule has 1 saturated heterocycles. The zero-order chi connectivity index (χ0) is 25.9. The molecule has 0 saturated carbocycles. The van der Waals surface area contributed by atoms with Crippen molar-refractivity contribution in [1.82, 2.24) is 15.0 Å². The lowest BCUT2D eigenvalue weighted by molar-refractivity contribution is -0.138. The Balaban J connectivity index is 1.56. The number of halogens is 3. The highest BCUT2D eigenvalue weighted by Gasteiger charge is 2.40. The largest absolute Gasteiger partial charge is 0.416 e. The van der Waals surface area contributed by atoms with Gasteiger partial charge in [0.05, 0.1) is 11.7 Å². The van der Waals surface area contributed by atoms with Crippen molar-refractivity contribution >= 4 is 5.96 Å². The quantitative estimate of drug-likeness (QED) is 0.190. The average Bonchev–Trinajstić information content (AvgIpc) is 3.49. The SMILES string of the molecule is CCCc1ccc(CCc2ccc(-c3noc([C@@H]4[C@@H](O)CCN4/C(N)=N/O)n3)cc2C(F)(F)F)cc1. The van der Waals surface area contributed by atoms with Crippen molar-refractivity contribution in [2.45, 2.75) is 57.3 Å². The fourth-order valence-electron chi connectivity index (χ4n) is 4.50. The van der Waals surface area contributed by atoms with Gasteiger partial charge in [-0.05, 0) is 48.4 Å². The number of benzene rings is 2. The Morgan fingerprint density at radius 2 is 1.83 bits per heavy atom. The molecule has 1 aliphatic rings. The maximum Gasteiger partial charge on any atom is 0.416 e. The normalized spacial score (nSPS) is 18.7. The summed E-state index contributed by atoms with van der Waals surface area (Å²) in [6.07, 6.45) is -2.47. The number of nitrogens with zero attached hydrogens (tertiary/aromatic N) is 4. The molecule has 0 radical (unpaired) electrons. The molecule has 0 aliphatic carbocycles. The summed E-state index contributed by atoms with van der Waals surface area (Å²) in [6, 6.07) is 11.1. The minimum atomic E-state index is -4.56. The lowest BCUT2D eigenvalue weighted by atomic mass is 9.96. The third-order valence-electron chi connectivity index (χ3n) is 6.38. The Morgan fingerprint density at radius 3 is 2.47 bits per heavy atom. The minimum Gasteiger partial charge on any atom is -0.408 e. The van der Waals surface area contributed by atoms with Crippen LogP contribution in [0.1, 0.15) is 54.0 Å². The molecule has 0 amide bonds. The van der Waals surface area contributed by atoms with Gasteiger partial charge in [-0.15, -0.1) is 0 Å². The van der Waals surface area contributed by atoms with Gasteiger partial charge in [0.15, 0.2) is 0 Å². The molecule has 11 heteroatoms. The van der Waals surface area contributed by atoms with Gasteiger partial charge in [-0.1, -0.05) is 60.1 Å². The molecule has 36 heavy (non-hydrogen) atoms. The molecule has 2 atom stereocenters. The molecule has 0 bridgehead atoms. The number of aromatic nitrogens is 2. The second kappa shape index (κ2) is 10.6. The minimum absolute atomic E-state index is 0.0363. The predicted octanol–water partition coefficient (Wildman–Crippen LogP) is 4.30. The molecule has 2 heterocycles. The summed E-state index contributed by atoms with van der Waals surface area (Å²) in [5.74, 6) is -0.321. The number of likely N-dealkylation sites (tertiary alicyclic amines) is 1. The number of aliphatic hydroxyl groups is 1. The number of alkyl halides is 3. The van der Waals surface area contributed by atoms with Crippen molar-refractivity contribution in [2.24, 2.45) is 10.9 Å². The molecule has 4 rings (SSSR count). The lowest BCUT2D eigenvalue weighted by Gasteiger charge is -2.22. The van der Waals surface area contributed by atoms with Crippen molar-refractivity contribution in [2.75, 3.05) is 6.54 Å². The first kappa shape index (κ1) is 25.5. The molecule has 1 fully saturated rings. The van der Waals surface area contributed by atoms with E-state index in [1.54, 1.807) is 0 Å². The summed E-state index contributed by atoms with van der Waals surface area (Å²) in [5, 5.41) is 26.0. The van der Waals surface area contributed by atoms with Crippen molar-refractivity contribution in [3.05, 3.63) is 70.6 Å². The fourth-order valence-corrected chi connectivity index (χ4v) is 4.50. The maximum atomic E-state index is 13.9. The fraction of sp³-hybridized carbons (Fsp3) is 0.400. The summed E-state index contributed by atoms with van der Waals surface area (Å²) in [6.45, 7) is 2.38. The summed E-state index contributed by atoms with van der Waals surface area (Å²) < 4.78 is 47.1. The van der Waals surface area contributed by atoms with Gasteiger partial charge in [0, 0.05) is 12.1 Å². The third-order valence-corrected chi connectivity index (χ3v) is 6.38. The van der Waals surface area contributed by atoms with Crippen LogP contribution in [0.3, 0.4) is 0 Å². The molecule has 192 valence electrons. The van der Waals surface area contributed by atoms with Crippen LogP contribution in [-0.2, 0) is 25.4 Å². The smallest absolute Gasteiger partial charge is 0.408 e. The van der Waals surface area contributed by atoms with Crippen LogP contribution < -0.4 is 5.73 Å². The van der Waals surface area contributed by atoms with Crippen LogP contribution in [0.4, 0.5) is 13.2 Å². The number of oxime groups is 1. The zero-order valence-electron chi connectivity index (χ0n) is 19.7. The highest BCUT2D eigenvalue weighted by atomic mass is 19.4. The molecule has 1 aliphatic heterocycles. The highest BCUT2D eigenvalue weighted by molar-refractivity contribution is 5.78. The standard InChI is InChI=1S/C25H28F3N5O3/c1-2-3-15-4-6-16(7-5-15)8-9-17-10-11-18(14-19(17)25(26,27)28)22-30-23(36-32-22)21-20(34)12-13-33(21)24(29)31-35/h4-7,10-11,14,20-21,34-35H,2-3,8-9,12-13H2,1H3,(H2,29,31)/t20-,21-/m0/s1. The van der Waals surface area contributed by atoms with Crippen molar-refractivity contribution in [1.29, 1.82) is 0 Å². The van der Waals surface area contributed by atoms with Crippen LogP contribution in [0.2, 0.25) is 0 Å². The third kappa shape index (κ3) is 5.46. The topological polar surface area (TPSA) is 121 Å². The summed E-state index contributed by atoms with van der Waals surface area (Å²) in [4.78, 5) is 5.60. The van der Waals surface area contributed by atoms with Crippen LogP contribution in [0.5, 0.6) is 0 Å². The number of nitrogens with two attached hydrogens (primary N) is 1. The Hall–Kier alpha value is -3.60. The van der Waals surface area contributed by atoms with Gasteiger partial charge in [0.2, 0.25) is 11.8 Å². The molecule has 0 unspecified atom stereocenters. The van der Waals surface area contributed by atoms with Gasteiger partial charge in [0.25, 0.3) is 5.89 Å². The molecule has 8 nitrogen and oxygen atoms in total. The molecule has 0 spiro atoms. The molecule has 2 aromatic carbocycles. The van der Waals surface area contributed by atoms with Gasteiger partial charge in [-0.2, -0.15) is 18.2 Å². The Bertz CT molecular complexity index is 1210. The van der Waals surface area contributed by atoms with E-state index in [2.05, 4.69) is 22.2 Å². The molecule has 1 aromatic heterocycles. The maximum absolute atomic E-state index is 13.9. The first-order valence-electron chi connectivity index (χ1n) is 11.8. The number of aryl methyl sites for hydroxylation is 3. The Morgan fingerprint density at radius 1 is 1.14 bits per heavy atom. The Labute approximate surface area is 206 Å². The van der Waals surface area contributed by atoms with E-state index in [4.69, 9.17) is 15.5 Å². The lowest BCUT2D eigenvalue weighted by Crippen LogP contribution is -2.38. The van der Waals surface area contributed by atoms with Gasteiger partial charge < -0.3 is 25.5 Å². The van der Waals surface area contributed by atoms with Crippen LogP contribution in [-0.4, -0.2) is 44.0 Å². The summed E-state index contributed by atoms with van der Waals surface area (Å²) in [5.41, 5.74) is 7.40. The highest BCUT2D eigenvalue weighted by Crippen LogP contribution is 2.36. The first-order chi connectivity index (χ1) is 17.2. The molecular formula is C25H28F3N5O3. The molecule has 4 N–H and O–H groups in total. The second-order valence-corrected chi connectivity index (χ2v) is 8.84. The van der Waals surface area contributed by atoms with Gasteiger partial charge in [0.1, 0.15) is 6.04 Å². The van der Waals surface area contributed by atoms with E-state index in [1.165, 1.54) is 22.6 Å². The number of hydrogen-bond acceptors (Lipinski definition) is 6. The van der Waals surface area contributed by atoms with E-state index in [1.807, 2.05) is 24.3 Å². The van der Waals surface area contributed by atoms with E-state index in [-0.39, 0.29) is 41.8 Å². The van der Waals surface area contributed by atoms with Gasteiger partial charge >= 0.3 is 6.18 Å². The van der Waals surface area contributed by atoms with Crippen molar-refractivity contribution < 1.29 is 28.0 Å².